The van der Waals surface area contributed by atoms with Crippen LogP contribution in [0.15, 0.2) is 24.3 Å². The molecule has 1 amide bonds. The van der Waals surface area contributed by atoms with E-state index in [0.29, 0.717) is 18.2 Å². The lowest BCUT2D eigenvalue weighted by Gasteiger charge is -2.33. The van der Waals surface area contributed by atoms with Gasteiger partial charge >= 0.3 is 0 Å². The van der Waals surface area contributed by atoms with E-state index in [4.69, 9.17) is 5.26 Å². The van der Waals surface area contributed by atoms with Crippen LogP contribution >= 0.6 is 0 Å². The van der Waals surface area contributed by atoms with Crippen molar-refractivity contribution in [1.29, 1.82) is 5.26 Å². The Morgan fingerprint density at radius 3 is 2.62 bits per heavy atom. The third-order valence-electron chi connectivity index (χ3n) is 3.88. The van der Waals surface area contributed by atoms with Crippen LogP contribution in [-0.2, 0) is 4.79 Å². The number of likely N-dealkylation sites (N-methyl/N-ethyl adjacent to an activating group) is 1. The molecule has 0 radical (unpaired) electrons. The van der Waals surface area contributed by atoms with Crippen molar-refractivity contribution in [2.75, 3.05) is 31.5 Å². The molecule has 1 heterocycles. The smallest absolute Gasteiger partial charge is 0.238 e. The van der Waals surface area contributed by atoms with Gasteiger partial charge in [-0.25, -0.2) is 0 Å². The summed E-state index contributed by atoms with van der Waals surface area (Å²) >= 11 is 0. The first-order chi connectivity index (χ1) is 10.2. The van der Waals surface area contributed by atoms with E-state index >= 15 is 0 Å². The van der Waals surface area contributed by atoms with Gasteiger partial charge in [0.15, 0.2) is 0 Å². The number of benzene rings is 1. The number of nitrogens with zero attached hydrogens (tertiary/aromatic N) is 2. The number of hydrogen-bond donors (Lipinski definition) is 2. The summed E-state index contributed by atoms with van der Waals surface area (Å²) in [6.07, 6.45) is 2.19. The summed E-state index contributed by atoms with van der Waals surface area (Å²) in [5.41, 5.74) is 1.33. The van der Waals surface area contributed by atoms with Crippen molar-refractivity contribution in [3.8, 4) is 6.07 Å². The Morgan fingerprint density at radius 2 is 2.05 bits per heavy atom. The van der Waals surface area contributed by atoms with Crippen molar-refractivity contribution in [1.82, 2.24) is 10.2 Å². The maximum Gasteiger partial charge on any atom is 0.238 e. The van der Waals surface area contributed by atoms with Crippen LogP contribution < -0.4 is 10.6 Å². The van der Waals surface area contributed by atoms with Crippen LogP contribution in [0.2, 0.25) is 0 Å². The van der Waals surface area contributed by atoms with E-state index in [-0.39, 0.29) is 5.91 Å². The zero-order valence-corrected chi connectivity index (χ0v) is 12.4. The second-order valence-electron chi connectivity index (χ2n) is 5.28. The summed E-state index contributed by atoms with van der Waals surface area (Å²) in [5.74, 6) is 0.0000836. The maximum atomic E-state index is 12.1. The van der Waals surface area contributed by atoms with Gasteiger partial charge in [-0.15, -0.1) is 0 Å². The van der Waals surface area contributed by atoms with Gasteiger partial charge in [-0.1, -0.05) is 6.92 Å². The van der Waals surface area contributed by atoms with Crippen LogP contribution in [0, 0.1) is 11.3 Å². The van der Waals surface area contributed by atoms with Gasteiger partial charge in [-0.2, -0.15) is 5.26 Å². The van der Waals surface area contributed by atoms with Gasteiger partial charge in [0, 0.05) is 11.7 Å². The summed E-state index contributed by atoms with van der Waals surface area (Å²) in [4.78, 5) is 14.4. The minimum absolute atomic E-state index is 0.0000836. The van der Waals surface area contributed by atoms with Gasteiger partial charge in [0.1, 0.15) is 0 Å². The van der Waals surface area contributed by atoms with Crippen molar-refractivity contribution in [2.24, 2.45) is 0 Å². The molecule has 1 aliphatic rings. The molecule has 0 unspecified atom stereocenters. The van der Waals surface area contributed by atoms with Gasteiger partial charge < -0.3 is 10.6 Å². The average Bonchev–Trinajstić information content (AvgIpc) is 2.54. The summed E-state index contributed by atoms with van der Waals surface area (Å²) in [6, 6.07) is 9.49. The Hall–Kier alpha value is -1.90. The van der Waals surface area contributed by atoms with E-state index < -0.39 is 0 Å². The Kier molecular flexibility index (Phi) is 5.73. The number of carbonyl (C=O) groups is 1. The summed E-state index contributed by atoms with van der Waals surface area (Å²) in [5, 5.41) is 15.0. The minimum Gasteiger partial charge on any atom is -0.325 e. The molecule has 1 aromatic rings. The number of hydrogen-bond acceptors (Lipinski definition) is 4. The molecule has 1 aliphatic heterocycles. The highest BCUT2D eigenvalue weighted by atomic mass is 16.2. The quantitative estimate of drug-likeness (QED) is 0.862. The van der Waals surface area contributed by atoms with E-state index in [1.165, 1.54) is 0 Å². The fourth-order valence-corrected chi connectivity index (χ4v) is 2.68. The lowest BCUT2D eigenvalue weighted by atomic mass is 10.0. The van der Waals surface area contributed by atoms with E-state index in [9.17, 15) is 4.79 Å². The summed E-state index contributed by atoms with van der Waals surface area (Å²) in [6.45, 7) is 5.44. The van der Waals surface area contributed by atoms with E-state index in [0.717, 1.165) is 38.2 Å². The van der Waals surface area contributed by atoms with Gasteiger partial charge in [0.2, 0.25) is 5.91 Å². The van der Waals surface area contributed by atoms with Crippen molar-refractivity contribution >= 4 is 11.6 Å². The van der Waals surface area contributed by atoms with Gasteiger partial charge in [0.05, 0.1) is 18.2 Å². The first-order valence-electron chi connectivity index (χ1n) is 7.47. The first-order valence-corrected chi connectivity index (χ1v) is 7.47. The normalized spacial score (nSPS) is 15.7. The SMILES string of the molecule is CCN(CC(=O)Nc1ccc(C#N)cc1)C1CCNCC1. The molecule has 0 saturated carbocycles. The largest absolute Gasteiger partial charge is 0.325 e. The van der Waals surface area contributed by atoms with Gasteiger partial charge in [-0.05, 0) is 56.7 Å². The number of anilines is 1. The number of rotatable bonds is 5. The second-order valence-corrected chi connectivity index (χ2v) is 5.28. The predicted molar refractivity (Wildman–Crippen MR) is 82.9 cm³/mol. The van der Waals surface area contributed by atoms with Crippen LogP contribution in [0.5, 0.6) is 0 Å². The van der Waals surface area contributed by atoms with Gasteiger partial charge in [-0.3, -0.25) is 9.69 Å². The predicted octanol–water partition coefficient (Wildman–Crippen LogP) is 1.57. The van der Waals surface area contributed by atoms with Crippen molar-refractivity contribution in [2.45, 2.75) is 25.8 Å². The van der Waals surface area contributed by atoms with Crippen molar-refractivity contribution < 1.29 is 4.79 Å². The highest BCUT2D eigenvalue weighted by Gasteiger charge is 2.21. The topological polar surface area (TPSA) is 68.2 Å². The molecule has 0 aromatic heterocycles. The number of nitriles is 1. The minimum atomic E-state index is 0.0000836. The van der Waals surface area contributed by atoms with Crippen LogP contribution in [0.3, 0.4) is 0 Å². The zero-order chi connectivity index (χ0) is 15.1. The fourth-order valence-electron chi connectivity index (χ4n) is 2.68. The maximum absolute atomic E-state index is 12.1. The average molecular weight is 286 g/mol. The Balaban J connectivity index is 1.88. The van der Waals surface area contributed by atoms with Gasteiger partial charge in [0.25, 0.3) is 0 Å². The highest BCUT2D eigenvalue weighted by Crippen LogP contribution is 2.13. The third-order valence-corrected chi connectivity index (χ3v) is 3.88. The van der Waals surface area contributed by atoms with Crippen LogP contribution in [0.1, 0.15) is 25.3 Å². The molecule has 21 heavy (non-hydrogen) atoms. The molecule has 5 nitrogen and oxygen atoms in total. The number of nitrogens with one attached hydrogen (secondary N) is 2. The van der Waals surface area contributed by atoms with Crippen LogP contribution in [0.4, 0.5) is 5.69 Å². The number of carbonyl (C=O) groups excluding carboxylic acids is 1. The molecule has 2 rings (SSSR count). The second kappa shape index (κ2) is 7.77. The van der Waals surface area contributed by atoms with E-state index in [2.05, 4.69) is 28.5 Å². The highest BCUT2D eigenvalue weighted by molar-refractivity contribution is 5.92. The molecular formula is C16H22N4O. The monoisotopic (exact) mass is 286 g/mol. The molecule has 1 fully saturated rings. The Bertz CT molecular complexity index is 500. The fraction of sp³-hybridized carbons (Fsp3) is 0.500. The molecule has 0 atom stereocenters. The van der Waals surface area contributed by atoms with Crippen LogP contribution in [0.25, 0.3) is 0 Å². The Labute approximate surface area is 125 Å². The summed E-state index contributed by atoms with van der Waals surface area (Å²) in [7, 11) is 0. The molecular weight excluding hydrogens is 264 g/mol. The van der Waals surface area contributed by atoms with Crippen molar-refractivity contribution in [3.63, 3.8) is 0 Å². The van der Waals surface area contributed by atoms with Crippen LogP contribution in [-0.4, -0.2) is 43.0 Å². The lowest BCUT2D eigenvalue weighted by molar-refractivity contribution is -0.118. The molecule has 0 aliphatic carbocycles. The number of amides is 1. The number of piperidine rings is 1. The molecule has 112 valence electrons. The first kappa shape index (κ1) is 15.5. The standard InChI is InChI=1S/C16H22N4O/c1-2-20(15-7-9-18-10-8-15)12-16(21)19-14-5-3-13(11-17)4-6-14/h3-6,15,18H,2,7-10,12H2,1H3,(H,19,21). The Morgan fingerprint density at radius 1 is 1.38 bits per heavy atom. The molecule has 0 bridgehead atoms. The third kappa shape index (κ3) is 4.55. The van der Waals surface area contributed by atoms with E-state index in [1.807, 2.05) is 0 Å². The molecule has 1 aromatic carbocycles. The van der Waals surface area contributed by atoms with Crippen molar-refractivity contribution in [3.05, 3.63) is 29.8 Å². The lowest BCUT2D eigenvalue weighted by Crippen LogP contribution is -2.46. The molecule has 1 saturated heterocycles. The summed E-state index contributed by atoms with van der Waals surface area (Å²) < 4.78 is 0. The zero-order valence-electron chi connectivity index (χ0n) is 12.4. The molecule has 5 heteroatoms. The molecule has 2 N–H and O–H groups in total. The molecule has 0 spiro atoms. The van der Waals surface area contributed by atoms with E-state index in [1.54, 1.807) is 24.3 Å².